The van der Waals surface area contributed by atoms with E-state index in [1.807, 2.05) is 4.90 Å². The van der Waals surface area contributed by atoms with Crippen LogP contribution in [0.4, 0.5) is 4.79 Å². The predicted molar refractivity (Wildman–Crippen MR) is 58.0 cm³/mol. The van der Waals surface area contributed by atoms with Gasteiger partial charge in [-0.3, -0.25) is 4.90 Å². The van der Waals surface area contributed by atoms with Crippen LogP contribution < -0.4 is 0 Å². The molecule has 0 bridgehead atoms. The molecule has 4 nitrogen and oxygen atoms in total. The van der Waals surface area contributed by atoms with E-state index in [0.29, 0.717) is 6.42 Å². The minimum Gasteiger partial charge on any atom is -0.444 e. The summed E-state index contributed by atoms with van der Waals surface area (Å²) in [6, 6.07) is 0.203. The molecule has 0 radical (unpaired) electrons. The molecule has 1 saturated carbocycles. The first-order chi connectivity index (χ1) is 7.78. The fraction of sp³-hybridized carbons (Fsp3) is 0.917. The van der Waals surface area contributed by atoms with Crippen molar-refractivity contribution >= 4 is 6.09 Å². The molecule has 3 atom stereocenters. The summed E-state index contributed by atoms with van der Waals surface area (Å²) in [5, 5.41) is 9.08. The highest BCUT2D eigenvalue weighted by Gasteiger charge is 2.60. The van der Waals surface area contributed by atoms with Gasteiger partial charge >= 0.3 is 6.09 Å². The highest BCUT2D eigenvalue weighted by Crippen LogP contribution is 2.50. The molecule has 4 heteroatoms. The first kappa shape index (κ1) is 10.4. The number of amides is 1. The van der Waals surface area contributed by atoms with Crippen LogP contribution in [-0.4, -0.2) is 40.4 Å². The molecule has 3 fully saturated rings. The largest absolute Gasteiger partial charge is 0.444 e. The highest BCUT2D eigenvalue weighted by atomic mass is 16.6. The van der Waals surface area contributed by atoms with Crippen molar-refractivity contribution in [2.75, 3.05) is 6.61 Å². The van der Waals surface area contributed by atoms with Crippen LogP contribution in [0.2, 0.25) is 0 Å². The van der Waals surface area contributed by atoms with Crippen LogP contribution >= 0.6 is 0 Å². The highest BCUT2D eigenvalue weighted by molar-refractivity contribution is 5.73. The van der Waals surface area contributed by atoms with Gasteiger partial charge in [-0.2, -0.15) is 0 Å². The van der Waals surface area contributed by atoms with Crippen LogP contribution in [0.5, 0.6) is 0 Å². The smallest absolute Gasteiger partial charge is 0.410 e. The van der Waals surface area contributed by atoms with E-state index in [4.69, 9.17) is 9.84 Å². The van der Waals surface area contributed by atoms with Gasteiger partial charge in [0.25, 0.3) is 0 Å². The lowest BCUT2D eigenvalue weighted by molar-refractivity contribution is 0.0457. The Bertz CT molecular complexity index is 305. The minimum absolute atomic E-state index is 0.00479. The zero-order valence-electron chi connectivity index (χ0n) is 9.52. The first-order valence-corrected chi connectivity index (χ1v) is 6.39. The van der Waals surface area contributed by atoms with Gasteiger partial charge < -0.3 is 9.84 Å². The fourth-order valence-corrected chi connectivity index (χ4v) is 3.94. The summed E-state index contributed by atoms with van der Waals surface area (Å²) >= 11 is 0. The molecule has 2 heterocycles. The third kappa shape index (κ3) is 1.22. The monoisotopic (exact) mass is 225 g/mol. The van der Waals surface area contributed by atoms with Crippen molar-refractivity contribution in [3.63, 3.8) is 0 Å². The van der Waals surface area contributed by atoms with E-state index < -0.39 is 0 Å². The number of carbonyl (C=O) groups excluding carboxylic acids is 1. The molecular weight excluding hydrogens is 206 g/mol. The number of aliphatic hydroxyl groups is 1. The Balaban J connectivity index is 1.91. The molecule has 16 heavy (non-hydrogen) atoms. The minimum atomic E-state index is -0.136. The number of ether oxygens (including phenoxy) is 1. The average molecular weight is 225 g/mol. The quantitative estimate of drug-likeness (QED) is 0.777. The molecule has 3 rings (SSSR count). The van der Waals surface area contributed by atoms with Gasteiger partial charge in [-0.05, 0) is 44.9 Å². The van der Waals surface area contributed by atoms with E-state index in [1.54, 1.807) is 0 Å². The second kappa shape index (κ2) is 3.62. The Labute approximate surface area is 95.6 Å². The Hall–Kier alpha value is -0.770. The zero-order valence-corrected chi connectivity index (χ0v) is 9.52. The van der Waals surface area contributed by atoms with Crippen molar-refractivity contribution in [3.8, 4) is 0 Å². The van der Waals surface area contributed by atoms with E-state index >= 15 is 0 Å². The molecule has 1 spiro atoms. The molecule has 90 valence electrons. The molecular formula is C12H19NO3. The second-order valence-corrected chi connectivity index (χ2v) is 5.30. The molecule has 1 amide bonds. The summed E-state index contributed by atoms with van der Waals surface area (Å²) in [7, 11) is 0. The second-order valence-electron chi connectivity index (χ2n) is 5.30. The van der Waals surface area contributed by atoms with E-state index in [2.05, 4.69) is 0 Å². The van der Waals surface area contributed by atoms with Crippen molar-refractivity contribution in [2.24, 2.45) is 0 Å². The maximum absolute atomic E-state index is 11.9. The maximum atomic E-state index is 11.9. The van der Waals surface area contributed by atoms with Crippen molar-refractivity contribution in [1.29, 1.82) is 0 Å². The van der Waals surface area contributed by atoms with Gasteiger partial charge in [-0.25, -0.2) is 4.79 Å². The Morgan fingerprint density at radius 2 is 2.12 bits per heavy atom. The molecule has 2 aliphatic heterocycles. The molecule has 0 unspecified atom stereocenters. The van der Waals surface area contributed by atoms with E-state index in [0.717, 1.165) is 32.1 Å². The molecule has 1 N–H and O–H groups in total. The van der Waals surface area contributed by atoms with Crippen molar-refractivity contribution in [2.45, 2.75) is 62.6 Å². The van der Waals surface area contributed by atoms with Crippen molar-refractivity contribution in [3.05, 3.63) is 0 Å². The van der Waals surface area contributed by atoms with Gasteiger partial charge in [0.1, 0.15) is 6.10 Å². The van der Waals surface area contributed by atoms with Crippen LogP contribution in [0.3, 0.4) is 0 Å². The standard InChI is InChI=1S/C12H19NO3/c14-8-5-9-3-1-6-12-7-2-4-10(12)16-11(15)13(9)12/h9-10,14H,1-8H2/t9-,10+,12-/m1/s1. The summed E-state index contributed by atoms with van der Waals surface area (Å²) in [6.07, 6.45) is 7.23. The SMILES string of the molecule is O=C1O[C@H]2CCC[C@]23CCC[C@H](CCO)N13. The third-order valence-electron chi connectivity index (χ3n) is 4.57. The topological polar surface area (TPSA) is 49.8 Å². The summed E-state index contributed by atoms with van der Waals surface area (Å²) in [5.74, 6) is 0. The third-order valence-corrected chi connectivity index (χ3v) is 4.57. The summed E-state index contributed by atoms with van der Waals surface area (Å²) in [4.78, 5) is 13.9. The Kier molecular flexibility index (Phi) is 2.35. The number of nitrogens with zero attached hydrogens (tertiary/aromatic N) is 1. The van der Waals surface area contributed by atoms with Crippen LogP contribution in [0.15, 0.2) is 0 Å². The number of carbonyl (C=O) groups is 1. The molecule has 2 saturated heterocycles. The van der Waals surface area contributed by atoms with Gasteiger partial charge in [-0.15, -0.1) is 0 Å². The molecule has 0 aromatic heterocycles. The lowest BCUT2D eigenvalue weighted by Crippen LogP contribution is -2.56. The number of rotatable bonds is 2. The van der Waals surface area contributed by atoms with E-state index in [1.165, 1.54) is 6.42 Å². The lowest BCUT2D eigenvalue weighted by Gasteiger charge is -2.44. The Morgan fingerprint density at radius 3 is 2.88 bits per heavy atom. The van der Waals surface area contributed by atoms with Crippen molar-refractivity contribution < 1.29 is 14.6 Å². The number of hydrogen-bond acceptors (Lipinski definition) is 3. The zero-order chi connectivity index (χ0) is 11.2. The van der Waals surface area contributed by atoms with E-state index in [9.17, 15) is 4.79 Å². The summed E-state index contributed by atoms with van der Waals surface area (Å²) < 4.78 is 5.50. The van der Waals surface area contributed by atoms with Crippen LogP contribution in [0, 0.1) is 0 Å². The number of aliphatic hydroxyl groups excluding tert-OH is 1. The molecule has 1 aliphatic carbocycles. The fourth-order valence-electron chi connectivity index (χ4n) is 3.94. The Morgan fingerprint density at radius 1 is 1.38 bits per heavy atom. The van der Waals surface area contributed by atoms with Crippen LogP contribution in [0.1, 0.15) is 44.9 Å². The number of hydrogen-bond donors (Lipinski definition) is 1. The van der Waals surface area contributed by atoms with Gasteiger partial charge in [0, 0.05) is 12.6 Å². The maximum Gasteiger partial charge on any atom is 0.410 e. The molecule has 0 aromatic rings. The van der Waals surface area contributed by atoms with Gasteiger partial charge in [0.15, 0.2) is 0 Å². The van der Waals surface area contributed by atoms with Gasteiger partial charge in [0.2, 0.25) is 0 Å². The van der Waals surface area contributed by atoms with E-state index in [-0.39, 0.29) is 30.4 Å². The predicted octanol–water partition coefficient (Wildman–Crippen LogP) is 1.66. The van der Waals surface area contributed by atoms with Crippen LogP contribution in [-0.2, 0) is 4.74 Å². The molecule has 3 aliphatic rings. The van der Waals surface area contributed by atoms with Gasteiger partial charge in [-0.1, -0.05) is 0 Å². The normalized spacial score (nSPS) is 41.8. The first-order valence-electron chi connectivity index (χ1n) is 6.39. The summed E-state index contributed by atoms with van der Waals surface area (Å²) in [5.41, 5.74) is -0.00479. The van der Waals surface area contributed by atoms with Gasteiger partial charge in [0.05, 0.1) is 5.54 Å². The van der Waals surface area contributed by atoms with Crippen molar-refractivity contribution in [1.82, 2.24) is 4.90 Å². The average Bonchev–Trinajstić information content (AvgIpc) is 2.73. The number of piperidine rings is 1. The lowest BCUT2D eigenvalue weighted by atomic mass is 9.81. The van der Waals surface area contributed by atoms with Crippen LogP contribution in [0.25, 0.3) is 0 Å². The summed E-state index contributed by atoms with van der Waals surface area (Å²) in [6.45, 7) is 0.162. The molecule has 0 aromatic carbocycles.